The fraction of sp³-hybridized carbons (Fsp3) is 1.00. The fourth-order valence-electron chi connectivity index (χ4n) is 2.37. The molecule has 0 aromatic carbocycles. The van der Waals surface area contributed by atoms with Gasteiger partial charge in [-0.25, -0.2) is 0 Å². The molecule has 0 spiro atoms. The van der Waals surface area contributed by atoms with Gasteiger partial charge in [-0.3, -0.25) is 4.90 Å². The monoisotopic (exact) mass is 228 g/mol. The predicted octanol–water partition coefficient (Wildman–Crippen LogP) is 1.87. The van der Waals surface area contributed by atoms with Crippen molar-refractivity contribution in [1.82, 2.24) is 10.2 Å². The van der Waals surface area contributed by atoms with E-state index in [4.69, 9.17) is 4.74 Å². The third-order valence-electron chi connectivity index (χ3n) is 3.41. The number of nitrogens with zero attached hydrogens (tertiary/aromatic N) is 1. The van der Waals surface area contributed by atoms with Crippen LogP contribution in [0.15, 0.2) is 0 Å². The molecular weight excluding hydrogens is 200 g/mol. The molecule has 1 aliphatic heterocycles. The summed E-state index contributed by atoms with van der Waals surface area (Å²) in [6.07, 6.45) is 2.78. The van der Waals surface area contributed by atoms with E-state index in [-0.39, 0.29) is 0 Å². The third kappa shape index (κ3) is 4.04. The molecule has 0 amide bonds. The second kappa shape index (κ2) is 7.25. The Bertz CT molecular complexity index is 187. The quantitative estimate of drug-likeness (QED) is 0.703. The van der Waals surface area contributed by atoms with Crippen LogP contribution in [-0.4, -0.2) is 49.3 Å². The molecule has 3 heteroatoms. The molecule has 1 heterocycles. The van der Waals surface area contributed by atoms with Crippen molar-refractivity contribution >= 4 is 0 Å². The van der Waals surface area contributed by atoms with E-state index in [2.05, 4.69) is 37.9 Å². The predicted molar refractivity (Wildman–Crippen MR) is 68.8 cm³/mol. The lowest BCUT2D eigenvalue weighted by atomic mass is 10.1. The van der Waals surface area contributed by atoms with Crippen LogP contribution < -0.4 is 5.32 Å². The van der Waals surface area contributed by atoms with Gasteiger partial charge in [-0.1, -0.05) is 13.8 Å². The second-order valence-corrected chi connectivity index (χ2v) is 4.96. The SMILES string of the molecule is CCCNCC(C)N1CC(C)OCC1CC. The topological polar surface area (TPSA) is 24.5 Å². The summed E-state index contributed by atoms with van der Waals surface area (Å²) in [7, 11) is 0. The van der Waals surface area contributed by atoms with E-state index >= 15 is 0 Å². The molecule has 0 saturated carbocycles. The molecule has 0 aromatic heterocycles. The number of hydrogen-bond acceptors (Lipinski definition) is 3. The van der Waals surface area contributed by atoms with Crippen LogP contribution >= 0.6 is 0 Å². The highest BCUT2D eigenvalue weighted by Crippen LogP contribution is 2.17. The van der Waals surface area contributed by atoms with Gasteiger partial charge in [0.1, 0.15) is 0 Å². The first-order chi connectivity index (χ1) is 7.69. The van der Waals surface area contributed by atoms with Crippen molar-refractivity contribution in [2.45, 2.75) is 58.7 Å². The molecular formula is C13H28N2O. The smallest absolute Gasteiger partial charge is 0.0674 e. The molecule has 3 atom stereocenters. The van der Waals surface area contributed by atoms with Crippen LogP contribution in [0.5, 0.6) is 0 Å². The first kappa shape index (κ1) is 13.9. The molecule has 1 fully saturated rings. The largest absolute Gasteiger partial charge is 0.376 e. The summed E-state index contributed by atoms with van der Waals surface area (Å²) >= 11 is 0. The van der Waals surface area contributed by atoms with Gasteiger partial charge in [-0.15, -0.1) is 0 Å². The lowest BCUT2D eigenvalue weighted by Gasteiger charge is -2.42. The maximum atomic E-state index is 5.73. The molecule has 3 unspecified atom stereocenters. The number of ether oxygens (including phenoxy) is 1. The molecule has 0 aliphatic carbocycles. The van der Waals surface area contributed by atoms with Gasteiger partial charge in [0.2, 0.25) is 0 Å². The lowest BCUT2D eigenvalue weighted by molar-refractivity contribution is -0.0694. The zero-order valence-electron chi connectivity index (χ0n) is 11.3. The van der Waals surface area contributed by atoms with Gasteiger partial charge in [0.05, 0.1) is 12.7 Å². The Kier molecular flexibility index (Phi) is 6.32. The molecule has 96 valence electrons. The minimum atomic E-state index is 0.386. The molecule has 0 aromatic rings. The fourth-order valence-corrected chi connectivity index (χ4v) is 2.37. The van der Waals surface area contributed by atoms with Gasteiger partial charge in [-0.2, -0.15) is 0 Å². The standard InChI is InChI=1S/C13H28N2O/c1-5-7-14-8-11(3)15-9-12(4)16-10-13(15)6-2/h11-14H,5-10H2,1-4H3. The van der Waals surface area contributed by atoms with Crippen LogP contribution in [0, 0.1) is 0 Å². The van der Waals surface area contributed by atoms with Gasteiger partial charge in [-0.05, 0) is 33.2 Å². The second-order valence-electron chi connectivity index (χ2n) is 4.96. The van der Waals surface area contributed by atoms with Crippen molar-refractivity contribution in [3.8, 4) is 0 Å². The van der Waals surface area contributed by atoms with Crippen molar-refractivity contribution in [2.24, 2.45) is 0 Å². The molecule has 0 radical (unpaired) electrons. The molecule has 1 rings (SSSR count). The number of rotatable bonds is 6. The summed E-state index contributed by atoms with van der Waals surface area (Å²) in [5, 5.41) is 3.51. The third-order valence-corrected chi connectivity index (χ3v) is 3.41. The maximum absolute atomic E-state index is 5.73. The summed E-state index contributed by atoms with van der Waals surface area (Å²) in [6, 6.07) is 1.22. The van der Waals surface area contributed by atoms with E-state index in [0.29, 0.717) is 18.2 Å². The van der Waals surface area contributed by atoms with E-state index < -0.39 is 0 Å². The Hall–Kier alpha value is -0.120. The molecule has 16 heavy (non-hydrogen) atoms. The van der Waals surface area contributed by atoms with Crippen molar-refractivity contribution in [1.29, 1.82) is 0 Å². The zero-order valence-corrected chi connectivity index (χ0v) is 11.3. The summed E-state index contributed by atoms with van der Waals surface area (Å²) in [6.45, 7) is 13.2. The molecule has 1 aliphatic rings. The van der Waals surface area contributed by atoms with Gasteiger partial charge in [0, 0.05) is 25.2 Å². The van der Waals surface area contributed by atoms with Gasteiger partial charge < -0.3 is 10.1 Å². The highest BCUT2D eigenvalue weighted by atomic mass is 16.5. The summed E-state index contributed by atoms with van der Waals surface area (Å²) in [4.78, 5) is 2.61. The van der Waals surface area contributed by atoms with Crippen LogP contribution in [0.25, 0.3) is 0 Å². The Balaban J connectivity index is 2.39. The molecule has 1 saturated heterocycles. The first-order valence-corrected chi connectivity index (χ1v) is 6.77. The van der Waals surface area contributed by atoms with Crippen LogP contribution in [0.2, 0.25) is 0 Å². The zero-order chi connectivity index (χ0) is 12.0. The van der Waals surface area contributed by atoms with Crippen molar-refractivity contribution in [3.05, 3.63) is 0 Å². The lowest BCUT2D eigenvalue weighted by Crippen LogP contribution is -2.54. The average molecular weight is 228 g/mol. The van der Waals surface area contributed by atoms with Crippen LogP contribution in [-0.2, 0) is 4.74 Å². The summed E-state index contributed by atoms with van der Waals surface area (Å²) in [5.41, 5.74) is 0. The maximum Gasteiger partial charge on any atom is 0.0674 e. The molecule has 0 bridgehead atoms. The Morgan fingerprint density at radius 2 is 2.19 bits per heavy atom. The van der Waals surface area contributed by atoms with Crippen LogP contribution in [0.4, 0.5) is 0 Å². The minimum Gasteiger partial charge on any atom is -0.376 e. The highest BCUT2D eigenvalue weighted by Gasteiger charge is 2.28. The minimum absolute atomic E-state index is 0.386. The Labute approximate surface area is 101 Å². The van der Waals surface area contributed by atoms with E-state index in [1.807, 2.05) is 0 Å². The number of nitrogens with one attached hydrogen (secondary N) is 1. The average Bonchev–Trinajstić information content (AvgIpc) is 2.29. The van der Waals surface area contributed by atoms with Crippen molar-refractivity contribution in [2.75, 3.05) is 26.2 Å². The van der Waals surface area contributed by atoms with E-state index in [1.54, 1.807) is 0 Å². The Morgan fingerprint density at radius 3 is 2.81 bits per heavy atom. The van der Waals surface area contributed by atoms with E-state index in [0.717, 1.165) is 26.2 Å². The van der Waals surface area contributed by atoms with Gasteiger partial charge in [0.25, 0.3) is 0 Å². The van der Waals surface area contributed by atoms with Crippen LogP contribution in [0.1, 0.15) is 40.5 Å². The normalized spacial score (nSPS) is 29.2. The van der Waals surface area contributed by atoms with Crippen molar-refractivity contribution < 1.29 is 4.74 Å². The highest BCUT2D eigenvalue weighted by molar-refractivity contribution is 4.82. The molecule has 1 N–H and O–H groups in total. The van der Waals surface area contributed by atoms with Gasteiger partial charge >= 0.3 is 0 Å². The molecule has 3 nitrogen and oxygen atoms in total. The van der Waals surface area contributed by atoms with E-state index in [9.17, 15) is 0 Å². The van der Waals surface area contributed by atoms with E-state index in [1.165, 1.54) is 12.8 Å². The van der Waals surface area contributed by atoms with Crippen molar-refractivity contribution in [3.63, 3.8) is 0 Å². The summed E-state index contributed by atoms with van der Waals surface area (Å²) < 4.78 is 5.73. The summed E-state index contributed by atoms with van der Waals surface area (Å²) in [5.74, 6) is 0. The van der Waals surface area contributed by atoms with Crippen LogP contribution in [0.3, 0.4) is 0 Å². The Morgan fingerprint density at radius 1 is 1.44 bits per heavy atom. The first-order valence-electron chi connectivity index (χ1n) is 6.77. The number of morpholine rings is 1. The number of hydrogen-bond donors (Lipinski definition) is 1. The van der Waals surface area contributed by atoms with Gasteiger partial charge in [0.15, 0.2) is 0 Å².